The molecule has 0 radical (unpaired) electrons. The predicted octanol–water partition coefficient (Wildman–Crippen LogP) is 1.10. The fourth-order valence-electron chi connectivity index (χ4n) is 2.58. The number of pyridine rings is 1. The van der Waals surface area contributed by atoms with Gasteiger partial charge in [0, 0.05) is 43.5 Å². The maximum absolute atomic E-state index is 13.5. The summed E-state index contributed by atoms with van der Waals surface area (Å²) in [5, 5.41) is 22.3. The van der Waals surface area contributed by atoms with Gasteiger partial charge in [0.1, 0.15) is 11.8 Å². The largest absolute Gasteiger partial charge is 0.506 e. The number of aromatic nitrogens is 1. The van der Waals surface area contributed by atoms with Crippen molar-refractivity contribution in [3.8, 4) is 5.75 Å². The molecule has 1 aliphatic heterocycles. The minimum absolute atomic E-state index is 0.000965. The van der Waals surface area contributed by atoms with E-state index in [1.807, 2.05) is 0 Å². The van der Waals surface area contributed by atoms with Gasteiger partial charge < -0.3 is 15.5 Å². The van der Waals surface area contributed by atoms with Crippen LogP contribution in [0.3, 0.4) is 0 Å². The SMILES string of the molecule is Cc1ncc(CO)c([C@H](N2CCNCC2)C(F)(F)F)c1O. The summed E-state index contributed by atoms with van der Waals surface area (Å²) < 4.78 is 40.6. The molecule has 0 bridgehead atoms. The molecule has 118 valence electrons. The molecule has 1 atom stereocenters. The summed E-state index contributed by atoms with van der Waals surface area (Å²) in [5.74, 6) is -0.498. The van der Waals surface area contributed by atoms with Crippen LogP contribution < -0.4 is 5.32 Å². The normalized spacial score (nSPS) is 18.7. The van der Waals surface area contributed by atoms with E-state index in [2.05, 4.69) is 10.3 Å². The van der Waals surface area contributed by atoms with Gasteiger partial charge >= 0.3 is 6.18 Å². The number of nitrogens with one attached hydrogen (secondary N) is 1. The van der Waals surface area contributed by atoms with Gasteiger partial charge in [-0.3, -0.25) is 9.88 Å². The topological polar surface area (TPSA) is 68.6 Å². The Hall–Kier alpha value is -1.38. The van der Waals surface area contributed by atoms with Gasteiger partial charge in [0.15, 0.2) is 0 Å². The smallest absolute Gasteiger partial charge is 0.408 e. The Labute approximate surface area is 120 Å². The summed E-state index contributed by atoms with van der Waals surface area (Å²) in [6.45, 7) is 2.17. The van der Waals surface area contributed by atoms with Crippen molar-refractivity contribution in [2.75, 3.05) is 26.2 Å². The molecule has 0 spiro atoms. The molecule has 0 amide bonds. The average Bonchev–Trinajstić information content (AvgIpc) is 2.44. The Morgan fingerprint density at radius 3 is 2.52 bits per heavy atom. The summed E-state index contributed by atoms with van der Waals surface area (Å²) in [7, 11) is 0. The summed E-state index contributed by atoms with van der Waals surface area (Å²) in [5.41, 5.74) is -0.176. The second-order valence-electron chi connectivity index (χ2n) is 5.02. The van der Waals surface area contributed by atoms with E-state index >= 15 is 0 Å². The lowest BCUT2D eigenvalue weighted by atomic mass is 9.97. The highest BCUT2D eigenvalue weighted by molar-refractivity contribution is 5.43. The second kappa shape index (κ2) is 6.17. The number of aliphatic hydroxyl groups is 1. The van der Waals surface area contributed by atoms with Crippen LogP contribution in [-0.4, -0.2) is 52.5 Å². The van der Waals surface area contributed by atoms with Gasteiger partial charge in [0.2, 0.25) is 0 Å². The Morgan fingerprint density at radius 1 is 1.38 bits per heavy atom. The molecule has 2 heterocycles. The van der Waals surface area contributed by atoms with Crippen molar-refractivity contribution in [2.24, 2.45) is 0 Å². The van der Waals surface area contributed by atoms with Crippen LogP contribution >= 0.6 is 0 Å². The minimum Gasteiger partial charge on any atom is -0.506 e. The molecule has 0 aromatic carbocycles. The van der Waals surface area contributed by atoms with Crippen LogP contribution in [0.4, 0.5) is 13.2 Å². The van der Waals surface area contributed by atoms with Crippen LogP contribution in [-0.2, 0) is 6.61 Å². The third kappa shape index (κ3) is 3.28. The molecule has 1 saturated heterocycles. The van der Waals surface area contributed by atoms with E-state index in [1.165, 1.54) is 18.0 Å². The lowest BCUT2D eigenvalue weighted by molar-refractivity contribution is -0.188. The van der Waals surface area contributed by atoms with Gasteiger partial charge in [-0.2, -0.15) is 13.2 Å². The van der Waals surface area contributed by atoms with Gasteiger partial charge in [0.05, 0.1) is 12.3 Å². The highest BCUT2D eigenvalue weighted by atomic mass is 19.4. The van der Waals surface area contributed by atoms with Gasteiger partial charge in [-0.15, -0.1) is 0 Å². The molecule has 0 aliphatic carbocycles. The van der Waals surface area contributed by atoms with Crippen molar-refractivity contribution in [2.45, 2.75) is 25.7 Å². The zero-order valence-corrected chi connectivity index (χ0v) is 11.6. The van der Waals surface area contributed by atoms with Crippen molar-refractivity contribution < 1.29 is 23.4 Å². The number of hydrogen-bond donors (Lipinski definition) is 3. The third-order valence-corrected chi connectivity index (χ3v) is 3.63. The fourth-order valence-corrected chi connectivity index (χ4v) is 2.58. The average molecular weight is 305 g/mol. The van der Waals surface area contributed by atoms with E-state index in [9.17, 15) is 23.4 Å². The van der Waals surface area contributed by atoms with Crippen molar-refractivity contribution in [1.82, 2.24) is 15.2 Å². The summed E-state index contributed by atoms with van der Waals surface area (Å²) in [4.78, 5) is 5.08. The van der Waals surface area contributed by atoms with Gasteiger partial charge in [-0.1, -0.05) is 0 Å². The van der Waals surface area contributed by atoms with Gasteiger partial charge in [-0.25, -0.2) is 0 Å². The number of piperazine rings is 1. The van der Waals surface area contributed by atoms with Crippen LogP contribution in [0.5, 0.6) is 5.75 Å². The first kappa shape index (κ1) is 16.0. The van der Waals surface area contributed by atoms with Crippen LogP contribution in [0.25, 0.3) is 0 Å². The Balaban J connectivity index is 2.53. The molecule has 5 nitrogen and oxygen atoms in total. The molecule has 0 unspecified atom stereocenters. The third-order valence-electron chi connectivity index (χ3n) is 3.63. The minimum atomic E-state index is -4.55. The molecule has 1 aromatic rings. The van der Waals surface area contributed by atoms with E-state index in [0.717, 1.165) is 0 Å². The highest BCUT2D eigenvalue weighted by Crippen LogP contribution is 2.43. The molecule has 2 rings (SSSR count). The van der Waals surface area contributed by atoms with Crippen LogP contribution in [0.2, 0.25) is 0 Å². The monoisotopic (exact) mass is 305 g/mol. The molecule has 1 aliphatic rings. The molecular formula is C13H18F3N3O2. The van der Waals surface area contributed by atoms with Crippen LogP contribution in [0, 0.1) is 6.92 Å². The molecular weight excluding hydrogens is 287 g/mol. The Bertz CT molecular complexity index is 502. The van der Waals surface area contributed by atoms with Crippen molar-refractivity contribution in [3.63, 3.8) is 0 Å². The summed E-state index contributed by atoms with van der Waals surface area (Å²) in [6.07, 6.45) is -3.36. The molecule has 3 N–H and O–H groups in total. The maximum Gasteiger partial charge on any atom is 0.408 e. The van der Waals surface area contributed by atoms with E-state index < -0.39 is 24.6 Å². The van der Waals surface area contributed by atoms with Gasteiger partial charge in [-0.05, 0) is 6.92 Å². The first-order valence-corrected chi connectivity index (χ1v) is 6.66. The number of nitrogens with zero attached hydrogens (tertiary/aromatic N) is 2. The number of aryl methyl sites for hydroxylation is 1. The number of halogens is 3. The van der Waals surface area contributed by atoms with Gasteiger partial charge in [0.25, 0.3) is 0 Å². The zero-order chi connectivity index (χ0) is 15.6. The van der Waals surface area contributed by atoms with Crippen molar-refractivity contribution >= 4 is 0 Å². The zero-order valence-electron chi connectivity index (χ0n) is 11.6. The Morgan fingerprint density at radius 2 is 2.00 bits per heavy atom. The fraction of sp³-hybridized carbons (Fsp3) is 0.615. The van der Waals surface area contributed by atoms with Crippen molar-refractivity contribution in [3.05, 3.63) is 23.0 Å². The highest BCUT2D eigenvalue weighted by Gasteiger charge is 2.47. The first-order valence-electron chi connectivity index (χ1n) is 6.66. The summed E-state index contributed by atoms with van der Waals surface area (Å²) in [6, 6.07) is -1.94. The summed E-state index contributed by atoms with van der Waals surface area (Å²) >= 11 is 0. The van der Waals surface area contributed by atoms with Crippen LogP contribution in [0.15, 0.2) is 6.20 Å². The lowest BCUT2D eigenvalue weighted by Gasteiger charge is -2.37. The van der Waals surface area contributed by atoms with Crippen molar-refractivity contribution in [1.29, 1.82) is 0 Å². The lowest BCUT2D eigenvalue weighted by Crippen LogP contribution is -2.49. The molecule has 0 saturated carbocycles. The van der Waals surface area contributed by atoms with Crippen LogP contribution in [0.1, 0.15) is 22.9 Å². The number of rotatable bonds is 3. The maximum atomic E-state index is 13.5. The molecule has 1 fully saturated rings. The number of aliphatic hydroxyl groups excluding tert-OH is 1. The Kier molecular flexibility index (Phi) is 4.70. The predicted molar refractivity (Wildman–Crippen MR) is 69.8 cm³/mol. The number of hydrogen-bond acceptors (Lipinski definition) is 5. The quantitative estimate of drug-likeness (QED) is 0.780. The second-order valence-corrected chi connectivity index (χ2v) is 5.02. The number of aromatic hydroxyl groups is 1. The molecule has 21 heavy (non-hydrogen) atoms. The number of alkyl halides is 3. The molecule has 1 aromatic heterocycles. The standard InChI is InChI=1S/C13H18F3N3O2/c1-8-11(21)10(9(7-20)6-18-8)12(13(14,15)16)19-4-2-17-3-5-19/h6,12,17,20-21H,2-5,7H2,1H3/t12-/m0/s1. The van der Waals surface area contributed by atoms with E-state index in [0.29, 0.717) is 13.1 Å². The van der Waals surface area contributed by atoms with E-state index in [4.69, 9.17) is 0 Å². The van der Waals surface area contributed by atoms with E-state index in [-0.39, 0.29) is 29.9 Å². The van der Waals surface area contributed by atoms with E-state index in [1.54, 1.807) is 0 Å². The molecule has 8 heteroatoms. The first-order chi connectivity index (χ1) is 9.86.